The number of hydrogen-bond acceptors (Lipinski definition) is 2. The first-order valence-electron chi connectivity index (χ1n) is 5.22. The Bertz CT molecular complexity index is 110. The minimum absolute atomic E-state index is 0.243. The molecule has 2 nitrogen and oxygen atoms in total. The summed E-state index contributed by atoms with van der Waals surface area (Å²) in [5.74, 6) is 0. The van der Waals surface area contributed by atoms with Crippen LogP contribution in [0.1, 0.15) is 47.0 Å². The molecule has 0 aliphatic heterocycles. The molecule has 0 aliphatic rings. The quantitative estimate of drug-likeness (QED) is 0.449. The van der Waals surface area contributed by atoms with Gasteiger partial charge in [-0.3, -0.25) is 0 Å². The summed E-state index contributed by atoms with van der Waals surface area (Å²) in [7, 11) is 0.445. The van der Waals surface area contributed by atoms with Crippen LogP contribution >= 0.6 is 0 Å². The van der Waals surface area contributed by atoms with Gasteiger partial charge in [-0.2, -0.15) is 0 Å². The Morgan fingerprint density at radius 3 is 2.31 bits per heavy atom. The van der Waals surface area contributed by atoms with Gasteiger partial charge in [-0.1, -0.05) is 40.5 Å². The summed E-state index contributed by atoms with van der Waals surface area (Å²) in [6, 6.07) is 0. The zero-order chi connectivity index (χ0) is 10.2. The maximum atomic E-state index is 5.36. The first-order valence-corrected chi connectivity index (χ1v) is 5.22. The summed E-state index contributed by atoms with van der Waals surface area (Å²) in [6.45, 7) is 10.3. The van der Waals surface area contributed by atoms with Gasteiger partial charge in [0.25, 0.3) is 0 Å². The van der Waals surface area contributed by atoms with Crippen LogP contribution in [0.25, 0.3) is 0 Å². The fourth-order valence-corrected chi connectivity index (χ4v) is 0.920. The van der Waals surface area contributed by atoms with E-state index in [1.54, 1.807) is 0 Å². The van der Waals surface area contributed by atoms with Gasteiger partial charge < -0.3 is 9.31 Å². The third kappa shape index (κ3) is 12.0. The average Bonchev–Trinajstić information content (AvgIpc) is 2.01. The van der Waals surface area contributed by atoms with Crippen molar-refractivity contribution in [2.45, 2.75) is 47.0 Å². The Kier molecular flexibility index (Phi) is 7.39. The minimum atomic E-state index is 0.243. The highest BCUT2D eigenvalue weighted by atomic mass is 16.6. The third-order valence-corrected chi connectivity index (χ3v) is 1.59. The summed E-state index contributed by atoms with van der Waals surface area (Å²) >= 11 is 0. The molecule has 0 atom stereocenters. The Labute approximate surface area is 83.3 Å². The second-order valence-electron chi connectivity index (χ2n) is 4.64. The van der Waals surface area contributed by atoms with Gasteiger partial charge in [0.2, 0.25) is 0 Å². The molecule has 0 saturated carbocycles. The highest BCUT2D eigenvalue weighted by molar-refractivity contribution is 6.17. The van der Waals surface area contributed by atoms with Gasteiger partial charge in [0.05, 0.1) is 0 Å². The molecule has 78 valence electrons. The SMILES string of the molecule is CCCCCOBOCC(C)(C)C. The normalized spacial score (nSPS) is 11.7. The Morgan fingerprint density at radius 1 is 1.08 bits per heavy atom. The largest absolute Gasteiger partial charge is 0.438 e. The van der Waals surface area contributed by atoms with E-state index < -0.39 is 0 Å². The van der Waals surface area contributed by atoms with Gasteiger partial charge in [-0.05, 0) is 11.8 Å². The summed E-state index contributed by atoms with van der Waals surface area (Å²) < 4.78 is 10.7. The molecular weight excluding hydrogens is 163 g/mol. The van der Waals surface area contributed by atoms with E-state index >= 15 is 0 Å². The van der Waals surface area contributed by atoms with Crippen molar-refractivity contribution in [2.24, 2.45) is 5.41 Å². The lowest BCUT2D eigenvalue weighted by molar-refractivity contribution is 0.157. The zero-order valence-electron chi connectivity index (χ0n) is 9.56. The van der Waals surface area contributed by atoms with Crippen molar-refractivity contribution < 1.29 is 9.31 Å². The predicted octanol–water partition coefficient (Wildman–Crippen LogP) is 2.52. The van der Waals surface area contributed by atoms with Crippen LogP contribution in [0.3, 0.4) is 0 Å². The van der Waals surface area contributed by atoms with Gasteiger partial charge in [-0.15, -0.1) is 0 Å². The van der Waals surface area contributed by atoms with E-state index in [2.05, 4.69) is 27.7 Å². The molecule has 0 rings (SSSR count). The molecule has 13 heavy (non-hydrogen) atoms. The average molecular weight is 186 g/mol. The first kappa shape index (κ1) is 13.0. The molecule has 0 saturated heterocycles. The van der Waals surface area contributed by atoms with Gasteiger partial charge in [0.15, 0.2) is 0 Å². The summed E-state index contributed by atoms with van der Waals surface area (Å²) in [5.41, 5.74) is 0.243. The smallest absolute Gasteiger partial charge is 0.414 e. The maximum Gasteiger partial charge on any atom is 0.438 e. The van der Waals surface area contributed by atoms with Gasteiger partial charge in [0, 0.05) is 13.2 Å². The molecule has 0 spiro atoms. The van der Waals surface area contributed by atoms with Gasteiger partial charge in [-0.25, -0.2) is 0 Å². The molecule has 0 radical (unpaired) electrons. The van der Waals surface area contributed by atoms with E-state index in [4.69, 9.17) is 9.31 Å². The Morgan fingerprint density at radius 2 is 1.77 bits per heavy atom. The highest BCUT2D eigenvalue weighted by Crippen LogP contribution is 2.12. The van der Waals surface area contributed by atoms with Crippen LogP contribution in [0.5, 0.6) is 0 Å². The van der Waals surface area contributed by atoms with Crippen molar-refractivity contribution in [2.75, 3.05) is 13.2 Å². The molecule has 0 aromatic carbocycles. The van der Waals surface area contributed by atoms with Crippen molar-refractivity contribution in [3.8, 4) is 0 Å². The molecule has 0 heterocycles. The molecule has 0 bridgehead atoms. The fourth-order valence-electron chi connectivity index (χ4n) is 0.920. The van der Waals surface area contributed by atoms with Gasteiger partial charge >= 0.3 is 7.69 Å². The fraction of sp³-hybridized carbons (Fsp3) is 1.00. The van der Waals surface area contributed by atoms with Crippen molar-refractivity contribution >= 4 is 7.69 Å². The molecule has 0 amide bonds. The van der Waals surface area contributed by atoms with E-state index in [1.807, 2.05) is 0 Å². The molecular formula is C10H23BO2. The monoisotopic (exact) mass is 186 g/mol. The lowest BCUT2D eigenvalue weighted by Gasteiger charge is -2.17. The lowest BCUT2D eigenvalue weighted by Crippen LogP contribution is -2.18. The lowest BCUT2D eigenvalue weighted by atomic mass is 9.98. The topological polar surface area (TPSA) is 18.5 Å². The third-order valence-electron chi connectivity index (χ3n) is 1.59. The number of rotatable bonds is 7. The van der Waals surface area contributed by atoms with Crippen LogP contribution in [0.15, 0.2) is 0 Å². The second-order valence-corrected chi connectivity index (χ2v) is 4.64. The first-order chi connectivity index (χ1) is 6.06. The number of unbranched alkanes of at least 4 members (excludes halogenated alkanes) is 2. The summed E-state index contributed by atoms with van der Waals surface area (Å²) in [6.07, 6.45) is 3.64. The molecule has 0 aliphatic carbocycles. The van der Waals surface area contributed by atoms with Crippen molar-refractivity contribution in [1.82, 2.24) is 0 Å². The van der Waals surface area contributed by atoms with E-state index in [0.717, 1.165) is 19.6 Å². The molecule has 0 fully saturated rings. The van der Waals surface area contributed by atoms with Crippen LogP contribution in [0.4, 0.5) is 0 Å². The number of hydrogen-bond donors (Lipinski definition) is 0. The molecule has 0 N–H and O–H groups in total. The standard InChI is InChI=1S/C10H23BO2/c1-5-6-7-8-12-11-13-9-10(2,3)4/h11H,5-9H2,1-4H3. The molecule has 0 unspecified atom stereocenters. The van der Waals surface area contributed by atoms with E-state index in [9.17, 15) is 0 Å². The van der Waals surface area contributed by atoms with E-state index in [1.165, 1.54) is 12.8 Å². The Balaban J connectivity index is 3.00. The van der Waals surface area contributed by atoms with Crippen LogP contribution in [-0.2, 0) is 9.31 Å². The van der Waals surface area contributed by atoms with Crippen LogP contribution < -0.4 is 0 Å². The summed E-state index contributed by atoms with van der Waals surface area (Å²) in [4.78, 5) is 0. The van der Waals surface area contributed by atoms with Crippen molar-refractivity contribution in [3.63, 3.8) is 0 Å². The minimum Gasteiger partial charge on any atom is -0.414 e. The molecule has 0 aromatic rings. The van der Waals surface area contributed by atoms with Crippen LogP contribution in [0.2, 0.25) is 0 Å². The van der Waals surface area contributed by atoms with Crippen LogP contribution in [-0.4, -0.2) is 20.9 Å². The van der Waals surface area contributed by atoms with E-state index in [0.29, 0.717) is 7.69 Å². The van der Waals surface area contributed by atoms with Gasteiger partial charge in [0.1, 0.15) is 0 Å². The predicted molar refractivity (Wildman–Crippen MR) is 58.0 cm³/mol. The van der Waals surface area contributed by atoms with Crippen molar-refractivity contribution in [3.05, 3.63) is 0 Å². The van der Waals surface area contributed by atoms with E-state index in [-0.39, 0.29) is 5.41 Å². The zero-order valence-corrected chi connectivity index (χ0v) is 9.56. The highest BCUT2D eigenvalue weighted by Gasteiger charge is 2.09. The van der Waals surface area contributed by atoms with Crippen LogP contribution in [0, 0.1) is 5.41 Å². The molecule has 0 aromatic heterocycles. The van der Waals surface area contributed by atoms with Crippen molar-refractivity contribution in [1.29, 1.82) is 0 Å². The summed E-state index contributed by atoms with van der Waals surface area (Å²) in [5, 5.41) is 0. The maximum absolute atomic E-state index is 5.36. The second kappa shape index (κ2) is 7.39. The Hall–Kier alpha value is -0.0151. The molecule has 3 heteroatoms.